The Morgan fingerprint density at radius 3 is 1.97 bits per heavy atom. The van der Waals surface area contributed by atoms with Crippen molar-refractivity contribution >= 4 is 24.9 Å². The van der Waals surface area contributed by atoms with Gasteiger partial charge in [-0.3, -0.25) is 4.57 Å². The van der Waals surface area contributed by atoms with E-state index in [0.717, 1.165) is 11.1 Å². The van der Waals surface area contributed by atoms with Gasteiger partial charge in [-0.15, -0.1) is 0 Å². The fourth-order valence-corrected chi connectivity index (χ4v) is 6.32. The molecule has 0 amide bonds. The molecule has 1 aromatic heterocycles. The maximum absolute atomic E-state index is 14.4. The second-order valence-electron chi connectivity index (χ2n) is 7.71. The van der Waals surface area contributed by atoms with Crippen LogP contribution in [0, 0.1) is 0 Å². The summed E-state index contributed by atoms with van der Waals surface area (Å²) in [6.45, 7) is 0. The van der Waals surface area contributed by atoms with E-state index in [9.17, 15) is 4.57 Å². The number of benzene rings is 2. The number of oxazole rings is 1. The fraction of sp³-hybridized carbons (Fsp3) is 0.318. The molecule has 0 saturated carbocycles. The van der Waals surface area contributed by atoms with E-state index in [2.05, 4.69) is 0 Å². The molecular weight excluding hydrogens is 419 g/mol. The molecule has 0 fully saturated rings. The highest BCUT2D eigenvalue weighted by Gasteiger charge is 2.44. The average Bonchev–Trinajstić information content (AvgIpc) is 3.15. The zero-order valence-corrected chi connectivity index (χ0v) is 19.9. The third-order valence-corrected chi connectivity index (χ3v) is 8.75. The van der Waals surface area contributed by atoms with Gasteiger partial charge in [0.1, 0.15) is 11.4 Å². The third-order valence-electron chi connectivity index (χ3n) is 4.99. The van der Waals surface area contributed by atoms with Crippen LogP contribution >= 0.6 is 19.0 Å². The first kappa shape index (κ1) is 22.6. The molecule has 0 aliphatic heterocycles. The van der Waals surface area contributed by atoms with Gasteiger partial charge in [0, 0.05) is 24.7 Å². The van der Waals surface area contributed by atoms with Crippen molar-refractivity contribution in [1.29, 1.82) is 0 Å². The molecule has 0 aliphatic rings. The van der Waals surface area contributed by atoms with Gasteiger partial charge in [0.25, 0.3) is 0 Å². The van der Waals surface area contributed by atoms with E-state index < -0.39 is 13.1 Å². The molecule has 0 N–H and O–H groups in total. The van der Waals surface area contributed by atoms with Crippen molar-refractivity contribution in [2.45, 2.75) is 5.66 Å². The Kier molecular flexibility index (Phi) is 6.73. The zero-order chi connectivity index (χ0) is 22.1. The summed E-state index contributed by atoms with van der Waals surface area (Å²) in [5.41, 5.74) is 1.83. The van der Waals surface area contributed by atoms with Crippen LogP contribution in [-0.2, 0) is 4.57 Å². The van der Waals surface area contributed by atoms with E-state index in [-0.39, 0.29) is 0 Å². The second-order valence-corrected chi connectivity index (χ2v) is 11.4. The maximum atomic E-state index is 14.4. The average molecular weight is 447 g/mol. The summed E-state index contributed by atoms with van der Waals surface area (Å²) in [6.07, 6.45) is 0. The first-order chi connectivity index (χ1) is 14.2. The summed E-state index contributed by atoms with van der Waals surface area (Å²) in [5.74, 6) is 1.08. The van der Waals surface area contributed by atoms with Gasteiger partial charge in [-0.2, -0.15) is 0 Å². The lowest BCUT2D eigenvalue weighted by Crippen LogP contribution is -2.27. The number of anilines is 1. The highest BCUT2D eigenvalue weighted by Crippen LogP contribution is 2.65. The van der Waals surface area contributed by atoms with Gasteiger partial charge in [0.05, 0.1) is 0 Å². The van der Waals surface area contributed by atoms with E-state index in [1.807, 2.05) is 102 Å². The Balaban J connectivity index is 2.30. The highest BCUT2D eigenvalue weighted by atomic mass is 35.5. The number of halogens is 1. The van der Waals surface area contributed by atoms with E-state index in [1.54, 1.807) is 9.34 Å². The van der Waals surface area contributed by atoms with E-state index in [4.69, 9.17) is 21.0 Å². The molecule has 6 nitrogen and oxygen atoms in total. The third kappa shape index (κ3) is 4.19. The topological polar surface area (TPSA) is 52.8 Å². The van der Waals surface area contributed by atoms with Crippen LogP contribution in [0.2, 0.25) is 5.02 Å². The van der Waals surface area contributed by atoms with Crippen LogP contribution in [0.25, 0.3) is 11.5 Å². The molecule has 1 heterocycles. The van der Waals surface area contributed by atoms with Crippen molar-refractivity contribution in [1.82, 2.24) is 14.3 Å². The minimum Gasteiger partial charge on any atom is -0.420 e. The van der Waals surface area contributed by atoms with Crippen LogP contribution in [0.15, 0.2) is 59.0 Å². The van der Waals surface area contributed by atoms with Crippen LogP contribution in [0.4, 0.5) is 5.88 Å². The largest absolute Gasteiger partial charge is 0.420 e. The molecular formula is C22H28ClN4O2P. The molecule has 0 aliphatic carbocycles. The van der Waals surface area contributed by atoms with Gasteiger partial charge in [-0.25, -0.2) is 14.3 Å². The molecule has 2 aromatic carbocycles. The van der Waals surface area contributed by atoms with Gasteiger partial charge in [-0.1, -0.05) is 41.9 Å². The van der Waals surface area contributed by atoms with E-state index in [1.165, 1.54) is 0 Å². The predicted octanol–water partition coefficient (Wildman–Crippen LogP) is 5.47. The normalized spacial score (nSPS) is 13.1. The summed E-state index contributed by atoms with van der Waals surface area (Å²) in [5, 5.41) is 0.625. The smallest absolute Gasteiger partial charge is 0.229 e. The number of hydrogen-bond donors (Lipinski definition) is 0. The van der Waals surface area contributed by atoms with Crippen molar-refractivity contribution in [2.24, 2.45) is 0 Å². The Morgan fingerprint density at radius 1 is 0.900 bits per heavy atom. The van der Waals surface area contributed by atoms with Crippen LogP contribution in [0.1, 0.15) is 16.9 Å². The van der Waals surface area contributed by atoms with Crippen molar-refractivity contribution in [3.8, 4) is 11.5 Å². The SMILES string of the molecule is CN(C)c1oc(-c2ccccc2)nc1C(c1ccc(Cl)cc1)P(=O)(N(C)C)N(C)C. The molecule has 30 heavy (non-hydrogen) atoms. The first-order valence-electron chi connectivity index (χ1n) is 9.60. The molecule has 3 aromatic rings. The fourth-order valence-electron chi connectivity index (χ4n) is 3.50. The molecule has 0 radical (unpaired) electrons. The van der Waals surface area contributed by atoms with Crippen molar-refractivity contribution in [3.05, 3.63) is 70.9 Å². The standard InChI is InChI=1S/C22H28ClN4O2P/c1-25(2)22-19(24-21(29-22)17-10-8-7-9-11-17)20(16-12-14-18(23)15-13-16)30(28,26(3)4)27(5)6/h7-15,20H,1-6H3. The molecule has 0 bridgehead atoms. The van der Waals surface area contributed by atoms with Crippen molar-refractivity contribution < 1.29 is 8.98 Å². The lowest BCUT2D eigenvalue weighted by Gasteiger charge is -2.37. The summed E-state index contributed by atoms with van der Waals surface area (Å²) < 4.78 is 24.2. The van der Waals surface area contributed by atoms with Crippen LogP contribution in [-0.4, -0.2) is 56.6 Å². The monoisotopic (exact) mass is 446 g/mol. The number of hydrogen-bond acceptors (Lipinski definition) is 4. The molecule has 8 heteroatoms. The molecule has 160 valence electrons. The minimum absolute atomic E-state index is 0.498. The van der Waals surface area contributed by atoms with E-state index in [0.29, 0.717) is 22.5 Å². The summed E-state index contributed by atoms with van der Waals surface area (Å²) in [7, 11) is 8.01. The van der Waals surface area contributed by atoms with Gasteiger partial charge in [0.2, 0.25) is 19.2 Å². The van der Waals surface area contributed by atoms with Crippen LogP contribution < -0.4 is 4.90 Å². The molecule has 0 spiro atoms. The maximum Gasteiger partial charge on any atom is 0.229 e. The molecule has 1 unspecified atom stereocenters. The minimum atomic E-state index is -3.10. The molecule has 3 rings (SSSR count). The van der Waals surface area contributed by atoms with Crippen LogP contribution in [0.5, 0.6) is 0 Å². The Bertz CT molecular complexity index is 1020. The summed E-state index contributed by atoms with van der Waals surface area (Å²) in [6, 6.07) is 17.2. The lowest BCUT2D eigenvalue weighted by molar-refractivity contribution is 0.438. The van der Waals surface area contributed by atoms with Crippen molar-refractivity contribution in [2.75, 3.05) is 47.2 Å². The highest BCUT2D eigenvalue weighted by molar-refractivity contribution is 7.59. The first-order valence-corrected chi connectivity index (χ1v) is 11.7. The molecule has 1 atom stereocenters. The van der Waals surface area contributed by atoms with Crippen molar-refractivity contribution in [3.63, 3.8) is 0 Å². The Hall–Kier alpha value is -2.11. The van der Waals surface area contributed by atoms with Gasteiger partial charge >= 0.3 is 0 Å². The van der Waals surface area contributed by atoms with Gasteiger partial charge in [-0.05, 0) is 58.0 Å². The Labute approximate surface area is 183 Å². The predicted molar refractivity (Wildman–Crippen MR) is 125 cm³/mol. The number of rotatable bonds is 7. The number of aromatic nitrogens is 1. The van der Waals surface area contributed by atoms with E-state index >= 15 is 0 Å². The molecule has 0 saturated heterocycles. The summed E-state index contributed by atoms with van der Waals surface area (Å²) >= 11 is 6.14. The van der Waals surface area contributed by atoms with Crippen LogP contribution in [0.3, 0.4) is 0 Å². The van der Waals surface area contributed by atoms with Gasteiger partial charge < -0.3 is 9.32 Å². The van der Waals surface area contributed by atoms with Gasteiger partial charge in [0.15, 0.2) is 0 Å². The second kappa shape index (κ2) is 8.94. The number of nitrogens with zero attached hydrogens (tertiary/aromatic N) is 4. The lowest BCUT2D eigenvalue weighted by atomic mass is 10.1. The Morgan fingerprint density at radius 2 is 1.47 bits per heavy atom. The summed E-state index contributed by atoms with van der Waals surface area (Å²) in [4.78, 5) is 6.73. The quantitative estimate of drug-likeness (QED) is 0.449. The zero-order valence-electron chi connectivity index (χ0n) is 18.2.